The summed E-state index contributed by atoms with van der Waals surface area (Å²) in [5, 5.41) is 13.1. The van der Waals surface area contributed by atoms with Crippen LogP contribution in [0, 0.1) is 0 Å². The third kappa shape index (κ3) is 2.37. The monoisotopic (exact) mass is 320 g/mol. The van der Waals surface area contributed by atoms with Crippen LogP contribution in [0.3, 0.4) is 0 Å². The normalized spacial score (nSPS) is 11.1. The zero-order valence-electron chi connectivity index (χ0n) is 12.0. The topological polar surface area (TPSA) is 50.4 Å². The van der Waals surface area contributed by atoms with Crippen molar-refractivity contribution in [1.82, 2.24) is 0 Å². The Labute approximate surface area is 136 Å². The molecule has 0 fully saturated rings. The van der Waals surface area contributed by atoms with E-state index < -0.39 is 5.63 Å². The first kappa shape index (κ1) is 13.9. The Bertz CT molecular complexity index is 1080. The lowest BCUT2D eigenvalue weighted by Gasteiger charge is -2.08. The van der Waals surface area contributed by atoms with Gasteiger partial charge >= 0.3 is 5.63 Å². The molecule has 0 saturated heterocycles. The lowest BCUT2D eigenvalue weighted by Crippen LogP contribution is -2.02. The number of para-hydroxylation sites is 1. The van der Waals surface area contributed by atoms with Gasteiger partial charge in [0.2, 0.25) is 0 Å². The first-order chi connectivity index (χ1) is 11.2. The van der Waals surface area contributed by atoms with Crippen molar-refractivity contribution >= 4 is 33.5 Å². The summed E-state index contributed by atoms with van der Waals surface area (Å²) in [6.45, 7) is 0. The highest BCUT2D eigenvalue weighted by Crippen LogP contribution is 2.38. The molecule has 3 nitrogen and oxygen atoms in total. The molecule has 4 aromatic rings. The van der Waals surface area contributed by atoms with Crippen LogP contribution in [-0.4, -0.2) is 5.11 Å². The SMILES string of the molecule is O=c1oc2ccccc2c(O)c1Sc1cccc2ccccc12. The van der Waals surface area contributed by atoms with Crippen molar-refractivity contribution in [3.05, 3.63) is 77.2 Å². The van der Waals surface area contributed by atoms with E-state index in [-0.39, 0.29) is 10.6 Å². The minimum Gasteiger partial charge on any atom is -0.506 e. The molecule has 3 aromatic carbocycles. The van der Waals surface area contributed by atoms with Gasteiger partial charge in [-0.25, -0.2) is 4.79 Å². The molecular formula is C19H12O3S. The second-order valence-corrected chi connectivity index (χ2v) is 6.19. The predicted molar refractivity (Wildman–Crippen MR) is 92.2 cm³/mol. The van der Waals surface area contributed by atoms with E-state index in [1.54, 1.807) is 24.3 Å². The van der Waals surface area contributed by atoms with Crippen molar-refractivity contribution in [1.29, 1.82) is 0 Å². The van der Waals surface area contributed by atoms with Gasteiger partial charge in [-0.15, -0.1) is 0 Å². The average Bonchev–Trinajstić information content (AvgIpc) is 2.59. The molecule has 0 aliphatic heterocycles. The van der Waals surface area contributed by atoms with E-state index in [1.165, 1.54) is 11.8 Å². The first-order valence-corrected chi connectivity index (χ1v) is 7.96. The molecular weight excluding hydrogens is 308 g/mol. The van der Waals surface area contributed by atoms with Crippen LogP contribution in [0.1, 0.15) is 0 Å². The number of fused-ring (bicyclic) bond motifs is 2. The van der Waals surface area contributed by atoms with Crippen molar-refractivity contribution in [2.45, 2.75) is 9.79 Å². The Morgan fingerprint density at radius 3 is 2.39 bits per heavy atom. The Balaban J connectivity index is 1.91. The highest BCUT2D eigenvalue weighted by molar-refractivity contribution is 7.99. The van der Waals surface area contributed by atoms with Gasteiger partial charge in [-0.3, -0.25) is 0 Å². The number of benzene rings is 3. The average molecular weight is 320 g/mol. The van der Waals surface area contributed by atoms with E-state index >= 15 is 0 Å². The van der Waals surface area contributed by atoms with Crippen molar-refractivity contribution in [3.63, 3.8) is 0 Å². The summed E-state index contributed by atoms with van der Waals surface area (Å²) in [7, 11) is 0. The molecule has 0 amide bonds. The summed E-state index contributed by atoms with van der Waals surface area (Å²) in [4.78, 5) is 13.4. The van der Waals surface area contributed by atoms with Crippen molar-refractivity contribution in [2.24, 2.45) is 0 Å². The zero-order chi connectivity index (χ0) is 15.8. The summed E-state index contributed by atoms with van der Waals surface area (Å²) in [6.07, 6.45) is 0. The van der Waals surface area contributed by atoms with Gasteiger partial charge in [-0.1, -0.05) is 60.3 Å². The third-order valence-electron chi connectivity index (χ3n) is 3.71. The molecule has 0 aliphatic carbocycles. The van der Waals surface area contributed by atoms with E-state index in [4.69, 9.17) is 4.42 Å². The standard InChI is InChI=1S/C19H12O3S/c20-17-14-9-3-4-10-15(14)22-19(21)18(17)23-16-11-5-7-12-6-1-2-8-13(12)16/h1-11,20H. The van der Waals surface area contributed by atoms with E-state index in [1.807, 2.05) is 42.5 Å². The number of hydrogen-bond donors (Lipinski definition) is 1. The Morgan fingerprint density at radius 1 is 0.826 bits per heavy atom. The minimum atomic E-state index is -0.529. The van der Waals surface area contributed by atoms with Gasteiger partial charge in [0.1, 0.15) is 16.2 Å². The van der Waals surface area contributed by atoms with Gasteiger partial charge in [-0.05, 0) is 29.0 Å². The molecule has 23 heavy (non-hydrogen) atoms. The van der Waals surface area contributed by atoms with Crippen LogP contribution in [0.2, 0.25) is 0 Å². The number of aromatic hydroxyl groups is 1. The maximum absolute atomic E-state index is 12.2. The van der Waals surface area contributed by atoms with Crippen LogP contribution in [0.5, 0.6) is 5.75 Å². The van der Waals surface area contributed by atoms with Crippen molar-refractivity contribution < 1.29 is 9.52 Å². The summed E-state index contributed by atoms with van der Waals surface area (Å²) in [6, 6.07) is 20.8. The fourth-order valence-electron chi connectivity index (χ4n) is 2.60. The van der Waals surface area contributed by atoms with Crippen LogP contribution in [0.25, 0.3) is 21.7 Å². The summed E-state index contributed by atoms with van der Waals surface area (Å²) in [5.41, 5.74) is -0.142. The highest BCUT2D eigenvalue weighted by atomic mass is 32.2. The Hall–Kier alpha value is -2.72. The predicted octanol–water partition coefficient (Wildman–Crippen LogP) is 4.80. The van der Waals surface area contributed by atoms with Gasteiger partial charge in [0.15, 0.2) is 0 Å². The summed E-state index contributed by atoms with van der Waals surface area (Å²) < 4.78 is 5.32. The molecule has 0 spiro atoms. The maximum Gasteiger partial charge on any atom is 0.354 e. The van der Waals surface area contributed by atoms with E-state index in [0.717, 1.165) is 15.7 Å². The van der Waals surface area contributed by atoms with Crippen LogP contribution in [-0.2, 0) is 0 Å². The molecule has 1 aromatic heterocycles. The molecule has 0 radical (unpaired) electrons. The molecule has 0 unspecified atom stereocenters. The van der Waals surface area contributed by atoms with E-state index in [9.17, 15) is 9.90 Å². The lowest BCUT2D eigenvalue weighted by atomic mass is 10.1. The van der Waals surface area contributed by atoms with Gasteiger partial charge in [-0.2, -0.15) is 0 Å². The van der Waals surface area contributed by atoms with Crippen LogP contribution in [0.15, 0.2) is 85.7 Å². The van der Waals surface area contributed by atoms with Crippen LogP contribution < -0.4 is 5.63 Å². The van der Waals surface area contributed by atoms with Gasteiger partial charge < -0.3 is 9.52 Å². The van der Waals surface area contributed by atoms with Gasteiger partial charge in [0, 0.05) is 4.90 Å². The van der Waals surface area contributed by atoms with Crippen LogP contribution in [0.4, 0.5) is 0 Å². The van der Waals surface area contributed by atoms with Gasteiger partial charge in [0.05, 0.1) is 5.39 Å². The highest BCUT2D eigenvalue weighted by Gasteiger charge is 2.16. The second kappa shape index (κ2) is 5.48. The van der Waals surface area contributed by atoms with Crippen LogP contribution >= 0.6 is 11.8 Å². The molecule has 0 saturated carbocycles. The largest absolute Gasteiger partial charge is 0.506 e. The molecule has 1 N–H and O–H groups in total. The molecule has 0 aliphatic rings. The molecule has 4 heteroatoms. The fourth-order valence-corrected chi connectivity index (χ4v) is 3.60. The first-order valence-electron chi connectivity index (χ1n) is 7.14. The number of rotatable bonds is 2. The lowest BCUT2D eigenvalue weighted by molar-refractivity contribution is 0.447. The quantitative estimate of drug-likeness (QED) is 0.539. The molecule has 112 valence electrons. The molecule has 4 rings (SSSR count). The molecule has 0 bridgehead atoms. The van der Waals surface area contributed by atoms with E-state index in [2.05, 4.69) is 0 Å². The summed E-state index contributed by atoms with van der Waals surface area (Å²) in [5.74, 6) is -0.0326. The van der Waals surface area contributed by atoms with Gasteiger partial charge in [0.25, 0.3) is 0 Å². The van der Waals surface area contributed by atoms with Crippen molar-refractivity contribution in [3.8, 4) is 5.75 Å². The van der Waals surface area contributed by atoms with E-state index in [0.29, 0.717) is 11.0 Å². The third-order valence-corrected chi connectivity index (χ3v) is 4.85. The second-order valence-electron chi connectivity index (χ2n) is 5.14. The minimum absolute atomic E-state index is 0.0326. The fraction of sp³-hybridized carbons (Fsp3) is 0. The Kier molecular flexibility index (Phi) is 3.32. The maximum atomic E-state index is 12.2. The molecule has 0 atom stereocenters. The smallest absolute Gasteiger partial charge is 0.354 e. The molecule has 1 heterocycles. The Morgan fingerprint density at radius 2 is 1.52 bits per heavy atom. The zero-order valence-corrected chi connectivity index (χ0v) is 12.8. The number of hydrogen-bond acceptors (Lipinski definition) is 4. The summed E-state index contributed by atoms with van der Waals surface area (Å²) >= 11 is 1.23. The van der Waals surface area contributed by atoms with Crippen molar-refractivity contribution in [2.75, 3.05) is 0 Å².